The molecule has 1 aromatic heterocycles. The summed E-state index contributed by atoms with van der Waals surface area (Å²) in [7, 11) is 1.62. The van der Waals surface area contributed by atoms with E-state index >= 15 is 0 Å². The number of benzene rings is 1. The minimum absolute atomic E-state index is 0.512. The van der Waals surface area contributed by atoms with Gasteiger partial charge in [0.2, 0.25) is 0 Å². The predicted octanol–water partition coefficient (Wildman–Crippen LogP) is 1.40. The van der Waals surface area contributed by atoms with Crippen molar-refractivity contribution in [3.63, 3.8) is 0 Å². The third-order valence-corrected chi connectivity index (χ3v) is 2.06. The van der Waals surface area contributed by atoms with Crippen LogP contribution in [0.5, 0.6) is 5.75 Å². The number of hydrogen-bond acceptors (Lipinski definition) is 4. The molecule has 0 aliphatic carbocycles. The van der Waals surface area contributed by atoms with Gasteiger partial charge in [-0.1, -0.05) is 12.1 Å². The van der Waals surface area contributed by atoms with Gasteiger partial charge >= 0.3 is 0 Å². The average Bonchev–Trinajstić information content (AvgIpc) is 2.60. The van der Waals surface area contributed by atoms with Crippen LogP contribution in [-0.2, 0) is 6.54 Å². The highest BCUT2D eigenvalue weighted by Gasteiger charge is 2.07. The van der Waals surface area contributed by atoms with E-state index < -0.39 is 0 Å². The number of methoxy groups -OCH3 is 1. The van der Waals surface area contributed by atoms with Gasteiger partial charge in [0.15, 0.2) is 11.3 Å². The molecular formula is C10H12N2O2. The topological polar surface area (TPSA) is 60.4 Å². The number of hydrazine groups is 1. The number of furan rings is 1. The lowest BCUT2D eigenvalue weighted by Crippen LogP contribution is -2.20. The number of ether oxygens (including phenoxy) is 1. The molecule has 0 aliphatic rings. The summed E-state index contributed by atoms with van der Waals surface area (Å²) in [6.45, 7) is 0.512. The molecule has 0 aliphatic heterocycles. The summed E-state index contributed by atoms with van der Waals surface area (Å²) in [5.41, 5.74) is 3.31. The maximum absolute atomic E-state index is 5.56. The lowest BCUT2D eigenvalue weighted by molar-refractivity contribution is 0.406. The Balaban J connectivity index is 2.52. The highest BCUT2D eigenvalue weighted by molar-refractivity contribution is 5.83. The fraction of sp³-hybridized carbons (Fsp3) is 0.200. The van der Waals surface area contributed by atoms with Crippen LogP contribution in [0.4, 0.5) is 0 Å². The Morgan fingerprint density at radius 2 is 2.36 bits per heavy atom. The van der Waals surface area contributed by atoms with E-state index in [2.05, 4.69) is 5.43 Å². The Morgan fingerprint density at radius 1 is 1.50 bits per heavy atom. The van der Waals surface area contributed by atoms with E-state index in [1.54, 1.807) is 7.11 Å². The summed E-state index contributed by atoms with van der Waals surface area (Å²) in [4.78, 5) is 0. The molecule has 3 N–H and O–H groups in total. The lowest BCUT2D eigenvalue weighted by atomic mass is 10.2. The fourth-order valence-corrected chi connectivity index (χ4v) is 1.44. The van der Waals surface area contributed by atoms with E-state index in [9.17, 15) is 0 Å². The van der Waals surface area contributed by atoms with Gasteiger partial charge in [0.25, 0.3) is 0 Å². The van der Waals surface area contributed by atoms with E-state index in [1.165, 1.54) is 0 Å². The number of hydrogen-bond donors (Lipinski definition) is 2. The highest BCUT2D eigenvalue weighted by atomic mass is 16.5. The Morgan fingerprint density at radius 3 is 3.07 bits per heavy atom. The Labute approximate surface area is 81.6 Å². The maximum Gasteiger partial charge on any atom is 0.176 e. The van der Waals surface area contributed by atoms with Gasteiger partial charge in [-0.2, -0.15) is 0 Å². The second-order valence-electron chi connectivity index (χ2n) is 2.97. The quantitative estimate of drug-likeness (QED) is 0.570. The third-order valence-electron chi connectivity index (χ3n) is 2.06. The molecule has 2 aromatic rings. The van der Waals surface area contributed by atoms with Gasteiger partial charge in [-0.05, 0) is 12.1 Å². The number of rotatable bonds is 3. The molecular weight excluding hydrogens is 180 g/mol. The average molecular weight is 192 g/mol. The monoisotopic (exact) mass is 192 g/mol. The third kappa shape index (κ3) is 1.45. The zero-order valence-electron chi connectivity index (χ0n) is 7.91. The van der Waals surface area contributed by atoms with Crippen molar-refractivity contribution in [1.82, 2.24) is 5.43 Å². The zero-order chi connectivity index (χ0) is 9.97. The molecule has 0 amide bonds. The summed E-state index contributed by atoms with van der Waals surface area (Å²) in [6, 6.07) is 7.71. The van der Waals surface area contributed by atoms with Crippen molar-refractivity contribution in [1.29, 1.82) is 0 Å². The highest BCUT2D eigenvalue weighted by Crippen LogP contribution is 2.28. The van der Waals surface area contributed by atoms with E-state index in [0.29, 0.717) is 6.54 Å². The zero-order valence-corrected chi connectivity index (χ0v) is 7.91. The van der Waals surface area contributed by atoms with E-state index in [1.807, 2.05) is 24.3 Å². The molecule has 0 unspecified atom stereocenters. The molecule has 0 saturated heterocycles. The minimum Gasteiger partial charge on any atom is -0.493 e. The van der Waals surface area contributed by atoms with Crippen molar-refractivity contribution in [2.45, 2.75) is 6.54 Å². The van der Waals surface area contributed by atoms with Gasteiger partial charge in [-0.25, -0.2) is 0 Å². The molecule has 0 saturated carbocycles. The Bertz CT molecular complexity index is 437. The number of fused-ring (bicyclic) bond motifs is 1. The normalized spacial score (nSPS) is 10.7. The van der Waals surface area contributed by atoms with Crippen molar-refractivity contribution < 1.29 is 9.15 Å². The van der Waals surface area contributed by atoms with Crippen molar-refractivity contribution in [3.05, 3.63) is 30.0 Å². The first-order valence-corrected chi connectivity index (χ1v) is 4.34. The molecule has 0 fully saturated rings. The summed E-state index contributed by atoms with van der Waals surface area (Å²) in [5.74, 6) is 6.75. The lowest BCUT2D eigenvalue weighted by Gasteiger charge is -1.98. The van der Waals surface area contributed by atoms with Crippen LogP contribution in [-0.4, -0.2) is 7.11 Å². The van der Waals surface area contributed by atoms with Crippen molar-refractivity contribution in [2.75, 3.05) is 7.11 Å². The van der Waals surface area contributed by atoms with Crippen LogP contribution in [0.15, 0.2) is 28.7 Å². The molecule has 1 aromatic carbocycles. The van der Waals surface area contributed by atoms with Gasteiger partial charge in [-0.15, -0.1) is 0 Å². The second-order valence-corrected chi connectivity index (χ2v) is 2.97. The molecule has 4 heteroatoms. The molecule has 1 heterocycles. The van der Waals surface area contributed by atoms with Crippen LogP contribution in [0.1, 0.15) is 5.76 Å². The van der Waals surface area contributed by atoms with Gasteiger partial charge in [0.1, 0.15) is 5.76 Å². The van der Waals surface area contributed by atoms with E-state index in [-0.39, 0.29) is 0 Å². The first kappa shape index (κ1) is 9.05. The predicted molar refractivity (Wildman–Crippen MR) is 53.8 cm³/mol. The van der Waals surface area contributed by atoms with Crippen LogP contribution < -0.4 is 16.0 Å². The Kier molecular flexibility index (Phi) is 2.39. The largest absolute Gasteiger partial charge is 0.493 e. The fourth-order valence-electron chi connectivity index (χ4n) is 1.44. The summed E-state index contributed by atoms with van der Waals surface area (Å²) in [5, 5.41) is 1.02. The first-order chi connectivity index (χ1) is 6.85. The van der Waals surface area contributed by atoms with Crippen molar-refractivity contribution in [2.24, 2.45) is 5.84 Å². The first-order valence-electron chi connectivity index (χ1n) is 4.34. The number of para-hydroxylation sites is 1. The maximum atomic E-state index is 5.56. The van der Waals surface area contributed by atoms with Crippen LogP contribution >= 0.6 is 0 Å². The van der Waals surface area contributed by atoms with E-state index in [4.69, 9.17) is 15.0 Å². The van der Waals surface area contributed by atoms with Crippen molar-refractivity contribution >= 4 is 11.0 Å². The molecule has 4 nitrogen and oxygen atoms in total. The number of nitrogens with two attached hydrogens (primary N) is 1. The molecule has 14 heavy (non-hydrogen) atoms. The second kappa shape index (κ2) is 3.69. The molecule has 0 atom stereocenters. The minimum atomic E-state index is 0.512. The van der Waals surface area contributed by atoms with Crippen molar-refractivity contribution in [3.8, 4) is 5.75 Å². The molecule has 0 radical (unpaired) electrons. The van der Waals surface area contributed by atoms with Crippen LogP contribution in [0, 0.1) is 0 Å². The Hall–Kier alpha value is -1.52. The molecule has 0 spiro atoms. The van der Waals surface area contributed by atoms with Gasteiger partial charge in [-0.3, -0.25) is 11.3 Å². The smallest absolute Gasteiger partial charge is 0.176 e. The SMILES string of the molecule is COc1cccc2cc(CNN)oc12. The van der Waals surface area contributed by atoms with Gasteiger partial charge < -0.3 is 9.15 Å². The summed E-state index contributed by atoms with van der Waals surface area (Å²) in [6.07, 6.45) is 0. The molecule has 0 bridgehead atoms. The van der Waals surface area contributed by atoms with Gasteiger partial charge in [0, 0.05) is 5.39 Å². The van der Waals surface area contributed by atoms with Gasteiger partial charge in [0.05, 0.1) is 13.7 Å². The van der Waals surface area contributed by atoms with Crippen LogP contribution in [0.25, 0.3) is 11.0 Å². The van der Waals surface area contributed by atoms with Crippen LogP contribution in [0.2, 0.25) is 0 Å². The van der Waals surface area contributed by atoms with Crippen LogP contribution in [0.3, 0.4) is 0 Å². The number of nitrogens with one attached hydrogen (secondary N) is 1. The molecule has 2 rings (SSSR count). The standard InChI is InChI=1S/C10H12N2O2/c1-13-9-4-2-3-7-5-8(6-12-11)14-10(7)9/h2-5,12H,6,11H2,1H3. The molecule has 74 valence electrons. The van der Waals surface area contributed by atoms with E-state index in [0.717, 1.165) is 22.5 Å². The summed E-state index contributed by atoms with van der Waals surface area (Å²) >= 11 is 0. The summed E-state index contributed by atoms with van der Waals surface area (Å²) < 4.78 is 10.7.